The van der Waals surface area contributed by atoms with Gasteiger partial charge in [-0.15, -0.1) is 0 Å². The number of carbonyl (C=O) groups is 1. The van der Waals surface area contributed by atoms with Gasteiger partial charge in [0.2, 0.25) is 5.91 Å². The number of carbonyl (C=O) groups excluding carboxylic acids is 1. The van der Waals surface area contributed by atoms with Crippen LogP contribution in [-0.2, 0) is 4.79 Å². The van der Waals surface area contributed by atoms with Gasteiger partial charge in [-0.05, 0) is 36.7 Å². The van der Waals surface area contributed by atoms with Gasteiger partial charge in [-0.2, -0.15) is 0 Å². The first kappa shape index (κ1) is 13.6. The quantitative estimate of drug-likeness (QED) is 0.916. The van der Waals surface area contributed by atoms with Crippen LogP contribution in [0.5, 0.6) is 0 Å². The minimum Gasteiger partial charge on any atom is -0.342 e. The van der Waals surface area contributed by atoms with Crippen molar-refractivity contribution in [3.8, 4) is 0 Å². The van der Waals surface area contributed by atoms with Crippen LogP contribution >= 0.6 is 0 Å². The largest absolute Gasteiger partial charge is 0.342 e. The molecule has 0 spiro atoms. The molecule has 2 N–H and O–H groups in total. The Hall–Kier alpha value is -1.35. The summed E-state index contributed by atoms with van der Waals surface area (Å²) in [5.74, 6) is 1.86. The van der Waals surface area contributed by atoms with Crippen molar-refractivity contribution in [2.45, 2.75) is 38.1 Å². The van der Waals surface area contributed by atoms with Gasteiger partial charge in [-0.1, -0.05) is 36.8 Å². The molecule has 1 aliphatic carbocycles. The first-order chi connectivity index (χ1) is 9.74. The number of nitrogens with two attached hydrogens (primary N) is 1. The van der Waals surface area contributed by atoms with Crippen LogP contribution in [0.4, 0.5) is 0 Å². The Morgan fingerprint density at radius 1 is 1.20 bits per heavy atom. The van der Waals surface area contributed by atoms with Gasteiger partial charge in [-0.3, -0.25) is 4.79 Å². The second-order valence-electron chi connectivity index (χ2n) is 6.31. The zero-order chi connectivity index (χ0) is 13.9. The minimum absolute atomic E-state index is 0.0257. The summed E-state index contributed by atoms with van der Waals surface area (Å²) in [6.45, 7) is 1.98. The molecule has 3 unspecified atom stereocenters. The van der Waals surface area contributed by atoms with E-state index in [2.05, 4.69) is 4.90 Å². The molecule has 3 heteroatoms. The second-order valence-corrected chi connectivity index (χ2v) is 6.31. The maximum absolute atomic E-state index is 12.3. The monoisotopic (exact) mass is 272 g/mol. The number of hydrogen-bond donors (Lipinski definition) is 1. The van der Waals surface area contributed by atoms with Crippen molar-refractivity contribution >= 4 is 5.91 Å². The third-order valence-corrected chi connectivity index (χ3v) is 4.98. The molecule has 20 heavy (non-hydrogen) atoms. The molecule has 1 aromatic carbocycles. The van der Waals surface area contributed by atoms with E-state index < -0.39 is 0 Å². The van der Waals surface area contributed by atoms with E-state index in [4.69, 9.17) is 5.73 Å². The lowest BCUT2D eigenvalue weighted by molar-refractivity contribution is -0.130. The van der Waals surface area contributed by atoms with Crippen LogP contribution in [0.1, 0.15) is 43.7 Å². The molecule has 1 saturated heterocycles. The average molecular weight is 272 g/mol. The fourth-order valence-electron chi connectivity index (χ4n) is 3.74. The standard InChI is InChI=1S/C17H24N2O/c18-16(13-5-2-1-3-6-13)9-10-17(20)19-11-14-7-4-8-15(14)12-19/h1-3,5-6,14-16H,4,7-12,18H2. The van der Waals surface area contributed by atoms with Gasteiger partial charge in [-0.25, -0.2) is 0 Å². The van der Waals surface area contributed by atoms with E-state index in [-0.39, 0.29) is 6.04 Å². The van der Waals surface area contributed by atoms with Crippen molar-refractivity contribution in [2.75, 3.05) is 13.1 Å². The van der Waals surface area contributed by atoms with Gasteiger partial charge in [0, 0.05) is 25.6 Å². The molecular weight excluding hydrogens is 248 g/mol. The smallest absolute Gasteiger partial charge is 0.222 e. The highest BCUT2D eigenvalue weighted by Gasteiger charge is 2.37. The summed E-state index contributed by atoms with van der Waals surface area (Å²) in [6, 6.07) is 10.0. The predicted octanol–water partition coefficient (Wildman–Crippen LogP) is 2.73. The Morgan fingerprint density at radius 2 is 1.85 bits per heavy atom. The lowest BCUT2D eigenvalue weighted by Gasteiger charge is -2.19. The average Bonchev–Trinajstić information content (AvgIpc) is 3.06. The van der Waals surface area contributed by atoms with Crippen LogP contribution in [0.3, 0.4) is 0 Å². The molecule has 1 amide bonds. The number of hydrogen-bond acceptors (Lipinski definition) is 2. The van der Waals surface area contributed by atoms with E-state index >= 15 is 0 Å². The van der Waals surface area contributed by atoms with Crippen LogP contribution in [0.15, 0.2) is 30.3 Å². The van der Waals surface area contributed by atoms with Crippen molar-refractivity contribution in [1.29, 1.82) is 0 Å². The first-order valence-corrected chi connectivity index (χ1v) is 7.82. The summed E-state index contributed by atoms with van der Waals surface area (Å²) in [5, 5.41) is 0. The van der Waals surface area contributed by atoms with Crippen molar-refractivity contribution in [1.82, 2.24) is 4.90 Å². The number of amides is 1. The molecule has 1 saturated carbocycles. The number of fused-ring (bicyclic) bond motifs is 1. The lowest BCUT2D eigenvalue weighted by Crippen LogP contribution is -2.30. The molecule has 0 bridgehead atoms. The molecule has 3 atom stereocenters. The fourth-order valence-corrected chi connectivity index (χ4v) is 3.74. The Labute approximate surface area is 121 Å². The molecule has 1 heterocycles. The van der Waals surface area contributed by atoms with E-state index in [1.165, 1.54) is 19.3 Å². The second kappa shape index (κ2) is 5.96. The Kier molecular flexibility index (Phi) is 4.06. The maximum Gasteiger partial charge on any atom is 0.222 e. The molecule has 0 aromatic heterocycles. The van der Waals surface area contributed by atoms with E-state index in [9.17, 15) is 4.79 Å². The van der Waals surface area contributed by atoms with E-state index in [1.807, 2.05) is 30.3 Å². The number of benzene rings is 1. The normalized spacial score (nSPS) is 26.6. The van der Waals surface area contributed by atoms with Crippen LogP contribution in [0, 0.1) is 11.8 Å². The van der Waals surface area contributed by atoms with Crippen LogP contribution in [-0.4, -0.2) is 23.9 Å². The Bertz CT molecular complexity index is 447. The van der Waals surface area contributed by atoms with E-state index in [1.54, 1.807) is 0 Å². The molecule has 3 rings (SSSR count). The van der Waals surface area contributed by atoms with Crippen molar-refractivity contribution in [3.63, 3.8) is 0 Å². The van der Waals surface area contributed by atoms with Gasteiger partial charge < -0.3 is 10.6 Å². The summed E-state index contributed by atoms with van der Waals surface area (Å²) in [7, 11) is 0. The summed E-state index contributed by atoms with van der Waals surface area (Å²) in [5.41, 5.74) is 7.29. The van der Waals surface area contributed by atoms with Crippen LogP contribution < -0.4 is 5.73 Å². The summed E-state index contributed by atoms with van der Waals surface area (Å²) in [6.07, 6.45) is 5.32. The van der Waals surface area contributed by atoms with Gasteiger partial charge >= 0.3 is 0 Å². The van der Waals surface area contributed by atoms with Gasteiger partial charge in [0.05, 0.1) is 0 Å². The van der Waals surface area contributed by atoms with E-state index in [0.29, 0.717) is 12.3 Å². The maximum atomic E-state index is 12.3. The number of nitrogens with zero attached hydrogens (tertiary/aromatic N) is 1. The summed E-state index contributed by atoms with van der Waals surface area (Å²) in [4.78, 5) is 14.4. The van der Waals surface area contributed by atoms with Gasteiger partial charge in [0.25, 0.3) is 0 Å². The highest BCUT2D eigenvalue weighted by Crippen LogP contribution is 2.38. The highest BCUT2D eigenvalue weighted by atomic mass is 16.2. The zero-order valence-electron chi connectivity index (χ0n) is 12.0. The molecule has 2 aliphatic rings. The molecular formula is C17H24N2O. The summed E-state index contributed by atoms with van der Waals surface area (Å²) >= 11 is 0. The van der Waals surface area contributed by atoms with Crippen LogP contribution in [0.2, 0.25) is 0 Å². The predicted molar refractivity (Wildman–Crippen MR) is 80.0 cm³/mol. The van der Waals surface area contributed by atoms with Crippen molar-refractivity contribution in [3.05, 3.63) is 35.9 Å². The number of likely N-dealkylation sites (tertiary alicyclic amines) is 1. The fraction of sp³-hybridized carbons (Fsp3) is 0.588. The molecule has 2 fully saturated rings. The molecule has 1 aromatic rings. The van der Waals surface area contributed by atoms with Crippen molar-refractivity contribution < 1.29 is 4.79 Å². The zero-order valence-corrected chi connectivity index (χ0v) is 12.0. The van der Waals surface area contributed by atoms with Gasteiger partial charge in [0.1, 0.15) is 0 Å². The molecule has 108 valence electrons. The topological polar surface area (TPSA) is 46.3 Å². The highest BCUT2D eigenvalue weighted by molar-refractivity contribution is 5.76. The SMILES string of the molecule is NC(CCC(=O)N1CC2CCCC2C1)c1ccccc1. The molecule has 1 aliphatic heterocycles. The third-order valence-electron chi connectivity index (χ3n) is 4.98. The first-order valence-electron chi connectivity index (χ1n) is 7.82. The lowest BCUT2D eigenvalue weighted by atomic mass is 10.0. The molecule has 3 nitrogen and oxygen atoms in total. The number of rotatable bonds is 4. The van der Waals surface area contributed by atoms with E-state index in [0.717, 1.165) is 36.9 Å². The van der Waals surface area contributed by atoms with Crippen LogP contribution in [0.25, 0.3) is 0 Å². The third kappa shape index (κ3) is 2.88. The van der Waals surface area contributed by atoms with Crippen molar-refractivity contribution in [2.24, 2.45) is 17.6 Å². The minimum atomic E-state index is -0.0257. The summed E-state index contributed by atoms with van der Waals surface area (Å²) < 4.78 is 0. The molecule has 0 radical (unpaired) electrons. The Balaban J connectivity index is 1.48. The Morgan fingerprint density at radius 3 is 2.50 bits per heavy atom. The van der Waals surface area contributed by atoms with Gasteiger partial charge in [0.15, 0.2) is 0 Å².